The maximum Gasteiger partial charge on any atom is 0.291 e. The van der Waals surface area contributed by atoms with Crippen molar-refractivity contribution in [2.24, 2.45) is 0 Å². The van der Waals surface area contributed by atoms with E-state index in [0.29, 0.717) is 10.8 Å². The fourth-order valence-corrected chi connectivity index (χ4v) is 5.02. The third kappa shape index (κ3) is 3.99. The van der Waals surface area contributed by atoms with Gasteiger partial charge in [-0.15, -0.1) is 0 Å². The molecule has 10 heteroatoms. The number of hydrogen-bond acceptors (Lipinski definition) is 7. The van der Waals surface area contributed by atoms with E-state index in [-0.39, 0.29) is 5.91 Å². The van der Waals surface area contributed by atoms with Crippen LogP contribution < -0.4 is 10.6 Å². The average molecular weight is 473 g/mol. The van der Waals surface area contributed by atoms with Crippen molar-refractivity contribution in [2.75, 3.05) is 10.6 Å². The number of aryl methyl sites for hydroxylation is 1. The lowest BCUT2D eigenvalue weighted by molar-refractivity contribution is -0.133. The Morgan fingerprint density at radius 1 is 1.03 bits per heavy atom. The van der Waals surface area contributed by atoms with Crippen LogP contribution in [0.1, 0.15) is 25.1 Å². The minimum absolute atomic E-state index is 0.168. The Morgan fingerprint density at radius 3 is 2.50 bits per heavy atom. The Bertz CT molecular complexity index is 1420. The van der Waals surface area contributed by atoms with E-state index in [9.17, 15) is 14.4 Å². The van der Waals surface area contributed by atoms with Crippen LogP contribution in [0.2, 0.25) is 0 Å². The van der Waals surface area contributed by atoms with Gasteiger partial charge in [0.05, 0.1) is 27.6 Å². The summed E-state index contributed by atoms with van der Waals surface area (Å²) in [6.45, 7) is 2.69. The molecule has 34 heavy (non-hydrogen) atoms. The summed E-state index contributed by atoms with van der Waals surface area (Å²) < 4.78 is 1.86. The quantitative estimate of drug-likeness (QED) is 0.428. The lowest BCUT2D eigenvalue weighted by atomic mass is 9.95. The van der Waals surface area contributed by atoms with Crippen molar-refractivity contribution in [1.29, 1.82) is 0 Å². The number of carbonyl (C=O) groups is 3. The number of Topliss-reactive ketones (excluding diaryl/α,β-unsaturated/α-hetero) is 1. The maximum atomic E-state index is 11.7. The van der Waals surface area contributed by atoms with E-state index >= 15 is 0 Å². The number of hydrogen-bond donors (Lipinski definition) is 2. The van der Waals surface area contributed by atoms with Crippen molar-refractivity contribution in [2.45, 2.75) is 26.7 Å². The predicted molar refractivity (Wildman–Crippen MR) is 129 cm³/mol. The van der Waals surface area contributed by atoms with Crippen LogP contribution in [0.5, 0.6) is 0 Å². The fraction of sp³-hybridized carbons (Fsp3) is 0.167. The Labute approximate surface area is 198 Å². The molecule has 2 N–H and O–H groups in total. The van der Waals surface area contributed by atoms with Crippen LogP contribution in [0, 0.1) is 0 Å². The molecule has 1 aliphatic carbocycles. The molecule has 0 saturated carbocycles. The number of amides is 2. The molecule has 1 aromatic carbocycles. The van der Waals surface area contributed by atoms with Crippen molar-refractivity contribution in [1.82, 2.24) is 19.7 Å². The predicted octanol–water partition coefficient (Wildman–Crippen LogP) is 3.64. The molecule has 0 fully saturated rings. The normalized spacial score (nSPS) is 11.9. The molecule has 9 nitrogen and oxygen atoms in total. The first-order valence-corrected chi connectivity index (χ1v) is 11.4. The Balaban J connectivity index is 1.62. The lowest BCUT2D eigenvalue weighted by Gasteiger charge is -2.14. The standard InChI is InChI=1S/C24H20N6O3S/c1-13(31)23(33)27-16-5-7-17(8-6-16)30-21-18(20(29-30)15-4-3-11-25-12-15)9-10-19-22(21)34-24(28-19)26-14(2)32/h3-8,11-12H,9-10H2,1-2H3,(H,27,33)(H,26,28,32). The molecular formula is C24H20N6O3S. The van der Waals surface area contributed by atoms with E-state index in [1.54, 1.807) is 24.5 Å². The molecule has 170 valence electrons. The largest absolute Gasteiger partial charge is 0.319 e. The van der Waals surface area contributed by atoms with Crippen LogP contribution in [0.15, 0.2) is 48.8 Å². The van der Waals surface area contributed by atoms with Gasteiger partial charge in [0.25, 0.3) is 5.91 Å². The molecule has 0 bridgehead atoms. The number of pyridine rings is 1. The van der Waals surface area contributed by atoms with Gasteiger partial charge in [-0.3, -0.25) is 19.4 Å². The van der Waals surface area contributed by atoms with Crippen LogP contribution in [-0.4, -0.2) is 37.3 Å². The summed E-state index contributed by atoms with van der Waals surface area (Å²) in [6, 6.07) is 11.0. The minimum Gasteiger partial charge on any atom is -0.319 e. The number of carbonyl (C=O) groups excluding carboxylic acids is 3. The number of nitrogens with one attached hydrogen (secondary N) is 2. The second-order valence-electron chi connectivity index (χ2n) is 7.86. The summed E-state index contributed by atoms with van der Waals surface area (Å²) in [5.41, 5.74) is 6.00. The zero-order chi connectivity index (χ0) is 23.8. The SMILES string of the molecule is CC(=O)Nc1nc2c(s1)-c1c(c(-c3cccnc3)nn1-c1ccc(NC(=O)C(C)=O)cc1)CC2. The summed E-state index contributed by atoms with van der Waals surface area (Å²) in [5, 5.41) is 10.9. The van der Waals surface area contributed by atoms with Gasteiger partial charge in [-0.05, 0) is 49.2 Å². The zero-order valence-electron chi connectivity index (χ0n) is 18.5. The monoisotopic (exact) mass is 472 g/mol. The molecule has 4 aromatic rings. The molecule has 0 radical (unpaired) electrons. The second kappa shape index (κ2) is 8.64. The molecule has 0 unspecified atom stereocenters. The minimum atomic E-state index is -0.664. The Morgan fingerprint density at radius 2 is 1.82 bits per heavy atom. The smallest absolute Gasteiger partial charge is 0.291 e. The third-order valence-electron chi connectivity index (χ3n) is 5.42. The number of ketones is 1. The number of rotatable bonds is 5. The van der Waals surface area contributed by atoms with Crippen LogP contribution in [-0.2, 0) is 27.2 Å². The van der Waals surface area contributed by atoms with Gasteiger partial charge in [0.15, 0.2) is 5.13 Å². The molecule has 0 aliphatic heterocycles. The summed E-state index contributed by atoms with van der Waals surface area (Å²) in [5.74, 6) is -1.39. The molecular weight excluding hydrogens is 452 g/mol. The highest BCUT2D eigenvalue weighted by Crippen LogP contribution is 2.44. The lowest BCUT2D eigenvalue weighted by Crippen LogP contribution is -2.19. The highest BCUT2D eigenvalue weighted by molar-refractivity contribution is 7.19. The number of nitrogens with zero attached hydrogens (tertiary/aromatic N) is 4. The molecule has 0 saturated heterocycles. The zero-order valence-corrected chi connectivity index (χ0v) is 19.3. The molecule has 0 atom stereocenters. The van der Waals surface area contributed by atoms with Crippen LogP contribution >= 0.6 is 11.3 Å². The van der Waals surface area contributed by atoms with Crippen LogP contribution in [0.3, 0.4) is 0 Å². The van der Waals surface area contributed by atoms with E-state index in [0.717, 1.165) is 51.6 Å². The highest BCUT2D eigenvalue weighted by atomic mass is 32.1. The first-order chi connectivity index (χ1) is 16.4. The molecule has 0 spiro atoms. The van der Waals surface area contributed by atoms with Gasteiger partial charge in [0.2, 0.25) is 11.7 Å². The van der Waals surface area contributed by atoms with Gasteiger partial charge in [-0.1, -0.05) is 11.3 Å². The van der Waals surface area contributed by atoms with E-state index in [4.69, 9.17) is 5.10 Å². The Kier molecular flexibility index (Phi) is 5.50. The number of anilines is 2. The van der Waals surface area contributed by atoms with Crippen molar-refractivity contribution in [3.8, 4) is 27.5 Å². The summed E-state index contributed by atoms with van der Waals surface area (Å²) in [4.78, 5) is 44.4. The van der Waals surface area contributed by atoms with E-state index in [2.05, 4.69) is 20.6 Å². The van der Waals surface area contributed by atoms with Crippen LogP contribution in [0.4, 0.5) is 10.8 Å². The number of thiazole rings is 1. The summed E-state index contributed by atoms with van der Waals surface area (Å²) in [7, 11) is 0. The van der Waals surface area contributed by atoms with Gasteiger partial charge < -0.3 is 10.6 Å². The van der Waals surface area contributed by atoms with Crippen molar-refractivity contribution in [3.05, 3.63) is 60.0 Å². The van der Waals surface area contributed by atoms with Gasteiger partial charge in [-0.25, -0.2) is 9.67 Å². The first kappa shape index (κ1) is 21.7. The van der Waals surface area contributed by atoms with Gasteiger partial charge in [-0.2, -0.15) is 5.10 Å². The van der Waals surface area contributed by atoms with Crippen molar-refractivity contribution in [3.63, 3.8) is 0 Å². The molecule has 5 rings (SSSR count). The molecule has 1 aliphatic rings. The highest BCUT2D eigenvalue weighted by Gasteiger charge is 2.30. The van der Waals surface area contributed by atoms with Gasteiger partial charge >= 0.3 is 0 Å². The number of aromatic nitrogens is 4. The average Bonchev–Trinajstić information content (AvgIpc) is 3.40. The van der Waals surface area contributed by atoms with E-state index in [1.165, 1.54) is 25.2 Å². The fourth-order valence-electron chi connectivity index (χ4n) is 3.90. The molecule has 3 heterocycles. The number of fused-ring (bicyclic) bond motifs is 3. The number of benzene rings is 1. The van der Waals surface area contributed by atoms with E-state index < -0.39 is 11.7 Å². The van der Waals surface area contributed by atoms with Crippen molar-refractivity contribution < 1.29 is 14.4 Å². The topological polar surface area (TPSA) is 119 Å². The third-order valence-corrected chi connectivity index (χ3v) is 6.43. The second-order valence-corrected chi connectivity index (χ2v) is 8.86. The molecule has 2 amide bonds. The maximum absolute atomic E-state index is 11.7. The first-order valence-electron chi connectivity index (χ1n) is 10.6. The van der Waals surface area contributed by atoms with Crippen molar-refractivity contribution >= 4 is 39.8 Å². The van der Waals surface area contributed by atoms with Gasteiger partial charge in [0.1, 0.15) is 0 Å². The molecule has 3 aromatic heterocycles. The summed E-state index contributed by atoms with van der Waals surface area (Å²) in [6.07, 6.45) is 5.01. The van der Waals surface area contributed by atoms with Crippen LogP contribution in [0.25, 0.3) is 27.5 Å². The summed E-state index contributed by atoms with van der Waals surface area (Å²) >= 11 is 1.42. The Hall–Kier alpha value is -4.18. The van der Waals surface area contributed by atoms with E-state index in [1.807, 2.05) is 28.9 Å². The van der Waals surface area contributed by atoms with Gasteiger partial charge in [0, 0.05) is 43.1 Å².